The largest absolute Gasteiger partial charge is 0.380 e. The quantitative estimate of drug-likeness (QED) is 0.857. The summed E-state index contributed by atoms with van der Waals surface area (Å²) in [6, 6.07) is 3.35. The van der Waals surface area contributed by atoms with Crippen molar-refractivity contribution in [3.8, 4) is 0 Å². The number of nitrogens with one attached hydrogen (secondary N) is 1. The number of rotatable bonds is 4. The molecule has 4 nitrogen and oxygen atoms in total. The molecule has 0 aliphatic heterocycles. The van der Waals surface area contributed by atoms with Crippen molar-refractivity contribution in [2.75, 3.05) is 11.9 Å². The molecule has 0 saturated carbocycles. The Kier molecular flexibility index (Phi) is 3.64. The Balaban J connectivity index is 2.73. The molecule has 0 unspecified atom stereocenters. The number of hydrogen-bond donors (Lipinski definition) is 2. The summed E-state index contributed by atoms with van der Waals surface area (Å²) in [6.45, 7) is 4.26. The molecule has 0 atom stereocenters. The number of primary amides is 1. The minimum Gasteiger partial charge on any atom is -0.380 e. The van der Waals surface area contributed by atoms with Crippen molar-refractivity contribution < 1.29 is 4.79 Å². The Bertz CT molecular complexity index is 365. The number of carbonyl (C=O) groups excluding carboxylic acids is 1. The molecule has 0 fully saturated rings. The monoisotopic (exact) mass is 255 g/mol. The molecule has 0 radical (unpaired) electrons. The third-order valence-corrected chi connectivity index (χ3v) is 1.78. The first kappa shape index (κ1) is 10.7. The summed E-state index contributed by atoms with van der Waals surface area (Å²) in [7, 11) is 0. The number of nitrogens with two attached hydrogens (primary N) is 1. The molecule has 5 heteroatoms. The summed E-state index contributed by atoms with van der Waals surface area (Å²) in [5, 5.41) is 3.05. The molecule has 0 aliphatic carbocycles. The summed E-state index contributed by atoms with van der Waals surface area (Å²) in [4.78, 5) is 14.6. The van der Waals surface area contributed by atoms with E-state index in [0.29, 0.717) is 6.54 Å². The second-order valence-electron chi connectivity index (χ2n) is 2.66. The van der Waals surface area contributed by atoms with Crippen molar-refractivity contribution >= 4 is 27.5 Å². The third-order valence-electron chi connectivity index (χ3n) is 1.50. The summed E-state index contributed by atoms with van der Waals surface area (Å²) in [5.41, 5.74) is 6.11. The number of nitrogens with zero attached hydrogens (tertiary/aromatic N) is 1. The molecule has 0 saturated heterocycles. The van der Waals surface area contributed by atoms with E-state index in [9.17, 15) is 4.79 Å². The molecule has 1 aromatic heterocycles. The van der Waals surface area contributed by atoms with Gasteiger partial charge in [0.15, 0.2) is 0 Å². The van der Waals surface area contributed by atoms with Crippen molar-refractivity contribution in [1.29, 1.82) is 0 Å². The van der Waals surface area contributed by atoms with E-state index in [2.05, 4.69) is 32.8 Å². The van der Waals surface area contributed by atoms with Crippen LogP contribution in [-0.4, -0.2) is 17.4 Å². The molecule has 3 N–H and O–H groups in total. The zero-order valence-corrected chi connectivity index (χ0v) is 9.04. The smallest absolute Gasteiger partial charge is 0.267 e. The van der Waals surface area contributed by atoms with Crippen LogP contribution in [-0.2, 0) is 0 Å². The van der Waals surface area contributed by atoms with E-state index in [0.717, 1.165) is 10.2 Å². The third kappa shape index (κ3) is 3.18. The van der Waals surface area contributed by atoms with E-state index >= 15 is 0 Å². The van der Waals surface area contributed by atoms with Crippen molar-refractivity contribution in [1.82, 2.24) is 4.98 Å². The normalized spacial score (nSPS) is 9.50. The van der Waals surface area contributed by atoms with Crippen molar-refractivity contribution in [2.24, 2.45) is 5.73 Å². The minimum atomic E-state index is -0.536. The van der Waals surface area contributed by atoms with Gasteiger partial charge in [0.2, 0.25) is 0 Å². The lowest BCUT2D eigenvalue weighted by Gasteiger charge is -2.05. The Morgan fingerprint density at radius 3 is 3.00 bits per heavy atom. The fraction of sp³-hybridized carbons (Fsp3) is 0.111. The zero-order chi connectivity index (χ0) is 10.6. The Morgan fingerprint density at radius 1 is 1.71 bits per heavy atom. The van der Waals surface area contributed by atoms with Crippen LogP contribution in [0.15, 0.2) is 29.4 Å². The first-order chi connectivity index (χ1) is 6.59. The fourth-order valence-electron chi connectivity index (χ4n) is 0.873. The van der Waals surface area contributed by atoms with Crippen LogP contribution in [0.1, 0.15) is 10.5 Å². The average Bonchev–Trinajstić information content (AvgIpc) is 2.15. The molecule has 0 aromatic carbocycles. The number of pyridine rings is 1. The van der Waals surface area contributed by atoms with Crippen LogP contribution < -0.4 is 11.1 Å². The first-order valence-corrected chi connectivity index (χ1v) is 4.72. The van der Waals surface area contributed by atoms with E-state index in [1.54, 1.807) is 12.1 Å². The molecule has 1 aromatic rings. The van der Waals surface area contributed by atoms with Gasteiger partial charge in [-0.3, -0.25) is 9.78 Å². The molecule has 1 heterocycles. The van der Waals surface area contributed by atoms with Gasteiger partial charge in [0.1, 0.15) is 5.69 Å². The fourth-order valence-corrected chi connectivity index (χ4v) is 1.01. The Hall–Kier alpha value is -1.36. The maximum absolute atomic E-state index is 10.8. The summed E-state index contributed by atoms with van der Waals surface area (Å²) in [5.74, 6) is -0.536. The van der Waals surface area contributed by atoms with E-state index < -0.39 is 5.91 Å². The lowest BCUT2D eigenvalue weighted by atomic mass is 10.3. The number of carbonyl (C=O) groups is 1. The van der Waals surface area contributed by atoms with Gasteiger partial charge in [-0.05, 0) is 12.1 Å². The average molecular weight is 256 g/mol. The van der Waals surface area contributed by atoms with Crippen molar-refractivity contribution in [2.45, 2.75) is 0 Å². The van der Waals surface area contributed by atoms with Crippen molar-refractivity contribution in [3.63, 3.8) is 0 Å². The number of halogens is 1. The van der Waals surface area contributed by atoms with Gasteiger partial charge in [0.25, 0.3) is 5.91 Å². The van der Waals surface area contributed by atoms with Gasteiger partial charge >= 0.3 is 0 Å². The lowest BCUT2D eigenvalue weighted by molar-refractivity contribution is 0.0995. The SMILES string of the molecule is C=C(Br)CNc1ccnc(C(N)=O)c1. The van der Waals surface area contributed by atoms with E-state index in [4.69, 9.17) is 5.73 Å². The highest BCUT2D eigenvalue weighted by Gasteiger charge is 2.02. The molecular formula is C9H10BrN3O. The maximum Gasteiger partial charge on any atom is 0.267 e. The summed E-state index contributed by atoms with van der Waals surface area (Å²) in [6.07, 6.45) is 1.53. The molecule has 1 rings (SSSR count). The number of aromatic nitrogens is 1. The van der Waals surface area contributed by atoms with Gasteiger partial charge in [-0.15, -0.1) is 0 Å². The van der Waals surface area contributed by atoms with Gasteiger partial charge in [-0.1, -0.05) is 22.5 Å². The van der Waals surface area contributed by atoms with Gasteiger partial charge in [0.05, 0.1) is 0 Å². The van der Waals surface area contributed by atoms with Crippen LogP contribution in [0.2, 0.25) is 0 Å². The Labute approximate surface area is 90.3 Å². The van der Waals surface area contributed by atoms with Crippen LogP contribution in [0.25, 0.3) is 0 Å². The number of amides is 1. The summed E-state index contributed by atoms with van der Waals surface area (Å²) < 4.78 is 0.829. The Morgan fingerprint density at radius 2 is 2.43 bits per heavy atom. The minimum absolute atomic E-state index is 0.246. The second-order valence-corrected chi connectivity index (χ2v) is 3.79. The molecule has 0 spiro atoms. The van der Waals surface area contributed by atoms with Gasteiger partial charge in [-0.25, -0.2) is 0 Å². The van der Waals surface area contributed by atoms with Gasteiger partial charge in [-0.2, -0.15) is 0 Å². The van der Waals surface area contributed by atoms with E-state index in [-0.39, 0.29) is 5.69 Å². The van der Waals surface area contributed by atoms with Gasteiger partial charge in [0, 0.05) is 22.9 Å². The highest BCUT2D eigenvalue weighted by molar-refractivity contribution is 9.11. The molecule has 1 amide bonds. The molecule has 14 heavy (non-hydrogen) atoms. The lowest BCUT2D eigenvalue weighted by Crippen LogP contribution is -2.13. The topological polar surface area (TPSA) is 68.0 Å². The van der Waals surface area contributed by atoms with E-state index in [1.165, 1.54) is 6.20 Å². The van der Waals surface area contributed by atoms with Crippen molar-refractivity contribution in [3.05, 3.63) is 35.1 Å². The number of hydrogen-bond acceptors (Lipinski definition) is 3. The maximum atomic E-state index is 10.8. The molecule has 0 bridgehead atoms. The first-order valence-electron chi connectivity index (χ1n) is 3.92. The molecule has 74 valence electrons. The second kappa shape index (κ2) is 4.76. The zero-order valence-electron chi connectivity index (χ0n) is 7.46. The van der Waals surface area contributed by atoms with Crippen LogP contribution in [0, 0.1) is 0 Å². The highest BCUT2D eigenvalue weighted by atomic mass is 79.9. The predicted octanol–water partition coefficient (Wildman–Crippen LogP) is 1.50. The number of anilines is 1. The standard InChI is InChI=1S/C9H10BrN3O/c1-6(10)5-13-7-2-3-12-8(4-7)9(11)14/h2-4H,1,5H2,(H2,11,14)(H,12,13). The van der Waals surface area contributed by atoms with Crippen LogP contribution in [0.4, 0.5) is 5.69 Å². The summed E-state index contributed by atoms with van der Waals surface area (Å²) >= 11 is 3.22. The van der Waals surface area contributed by atoms with Crippen LogP contribution in [0.3, 0.4) is 0 Å². The van der Waals surface area contributed by atoms with Crippen LogP contribution in [0.5, 0.6) is 0 Å². The van der Waals surface area contributed by atoms with Gasteiger partial charge < -0.3 is 11.1 Å². The highest BCUT2D eigenvalue weighted by Crippen LogP contribution is 2.09. The van der Waals surface area contributed by atoms with E-state index in [1.807, 2.05) is 0 Å². The van der Waals surface area contributed by atoms with Crippen LogP contribution >= 0.6 is 15.9 Å². The molecule has 0 aliphatic rings. The predicted molar refractivity (Wildman–Crippen MR) is 59.3 cm³/mol. The molecular weight excluding hydrogens is 246 g/mol.